The second kappa shape index (κ2) is 5.44. The predicted molar refractivity (Wildman–Crippen MR) is 68.4 cm³/mol. The Kier molecular flexibility index (Phi) is 3.90. The molecular formula is C13H7BrF3NO. The molecule has 0 aliphatic heterocycles. The summed E-state index contributed by atoms with van der Waals surface area (Å²) in [6.45, 7) is 0. The van der Waals surface area contributed by atoms with E-state index in [1.807, 2.05) is 0 Å². The average molecular weight is 330 g/mol. The van der Waals surface area contributed by atoms with E-state index in [0.29, 0.717) is 0 Å². The lowest BCUT2D eigenvalue weighted by molar-refractivity contribution is 0.102. The lowest BCUT2D eigenvalue weighted by atomic mass is 10.2. The quantitative estimate of drug-likeness (QED) is 0.882. The maximum Gasteiger partial charge on any atom is 0.255 e. The fourth-order valence-corrected chi connectivity index (χ4v) is 1.67. The molecule has 0 atom stereocenters. The van der Waals surface area contributed by atoms with Crippen molar-refractivity contribution in [1.82, 2.24) is 0 Å². The van der Waals surface area contributed by atoms with Crippen molar-refractivity contribution < 1.29 is 18.0 Å². The van der Waals surface area contributed by atoms with Gasteiger partial charge in [-0.05, 0) is 46.3 Å². The molecule has 2 aromatic rings. The molecule has 0 aliphatic carbocycles. The molecule has 0 bridgehead atoms. The molecule has 6 heteroatoms. The van der Waals surface area contributed by atoms with Crippen LogP contribution < -0.4 is 5.32 Å². The first-order valence-electron chi connectivity index (χ1n) is 5.19. The van der Waals surface area contributed by atoms with Gasteiger partial charge in [0.15, 0.2) is 0 Å². The number of amides is 1. The minimum absolute atomic E-state index is 0.00404. The number of anilines is 1. The Morgan fingerprint density at radius 1 is 1.00 bits per heavy atom. The smallest absolute Gasteiger partial charge is 0.255 e. The molecule has 1 N–H and O–H groups in total. The second-order valence-corrected chi connectivity index (χ2v) is 4.56. The Hall–Kier alpha value is -1.82. The van der Waals surface area contributed by atoms with Gasteiger partial charge in [-0.1, -0.05) is 0 Å². The molecule has 19 heavy (non-hydrogen) atoms. The standard InChI is InChI=1S/C13H7BrF3NO/c14-9-3-1-7(5-11(9)17)13(19)18-12-6-8(15)2-4-10(12)16/h1-6H,(H,18,19). The van der Waals surface area contributed by atoms with Gasteiger partial charge in [0, 0.05) is 11.6 Å². The molecule has 2 nitrogen and oxygen atoms in total. The van der Waals surface area contributed by atoms with E-state index in [1.54, 1.807) is 0 Å². The van der Waals surface area contributed by atoms with E-state index < -0.39 is 23.4 Å². The molecule has 98 valence electrons. The van der Waals surface area contributed by atoms with E-state index in [2.05, 4.69) is 21.2 Å². The van der Waals surface area contributed by atoms with Crippen LogP contribution in [0.4, 0.5) is 18.9 Å². The van der Waals surface area contributed by atoms with E-state index in [0.717, 1.165) is 24.3 Å². The van der Waals surface area contributed by atoms with Crippen molar-refractivity contribution in [3.8, 4) is 0 Å². The number of rotatable bonds is 2. The monoisotopic (exact) mass is 329 g/mol. The van der Waals surface area contributed by atoms with Gasteiger partial charge in [0.2, 0.25) is 0 Å². The molecule has 2 aromatic carbocycles. The van der Waals surface area contributed by atoms with Crippen LogP contribution in [-0.4, -0.2) is 5.91 Å². The van der Waals surface area contributed by atoms with Gasteiger partial charge in [0.1, 0.15) is 17.5 Å². The maximum atomic E-state index is 13.3. The second-order valence-electron chi connectivity index (χ2n) is 3.71. The van der Waals surface area contributed by atoms with Gasteiger partial charge >= 0.3 is 0 Å². The predicted octanol–water partition coefficient (Wildman–Crippen LogP) is 4.12. The SMILES string of the molecule is O=C(Nc1cc(F)ccc1F)c1ccc(Br)c(F)c1. The highest BCUT2D eigenvalue weighted by molar-refractivity contribution is 9.10. The van der Waals surface area contributed by atoms with E-state index in [1.165, 1.54) is 12.1 Å². The molecule has 0 saturated carbocycles. The summed E-state index contributed by atoms with van der Waals surface area (Å²) < 4.78 is 39.7. The van der Waals surface area contributed by atoms with Gasteiger partial charge in [0.05, 0.1) is 10.2 Å². The fourth-order valence-electron chi connectivity index (χ4n) is 1.43. The first-order valence-corrected chi connectivity index (χ1v) is 5.98. The van der Waals surface area contributed by atoms with Crippen molar-refractivity contribution in [2.75, 3.05) is 5.32 Å². The molecule has 0 fully saturated rings. The Morgan fingerprint density at radius 2 is 1.74 bits per heavy atom. The summed E-state index contributed by atoms with van der Waals surface area (Å²) in [6, 6.07) is 6.39. The Morgan fingerprint density at radius 3 is 2.42 bits per heavy atom. The highest BCUT2D eigenvalue weighted by Crippen LogP contribution is 2.19. The number of halogens is 4. The Balaban J connectivity index is 2.25. The highest BCUT2D eigenvalue weighted by Gasteiger charge is 2.12. The largest absolute Gasteiger partial charge is 0.319 e. The lowest BCUT2D eigenvalue weighted by Gasteiger charge is -2.07. The molecular weight excluding hydrogens is 323 g/mol. The third-order valence-corrected chi connectivity index (χ3v) is 3.00. The van der Waals surface area contributed by atoms with Gasteiger partial charge in [-0.25, -0.2) is 13.2 Å². The fraction of sp³-hybridized carbons (Fsp3) is 0. The first kappa shape index (κ1) is 13.6. The van der Waals surface area contributed by atoms with E-state index in [4.69, 9.17) is 0 Å². The highest BCUT2D eigenvalue weighted by atomic mass is 79.9. The Bertz CT molecular complexity index is 646. The van der Waals surface area contributed by atoms with Crippen LogP contribution in [0.2, 0.25) is 0 Å². The normalized spacial score (nSPS) is 10.3. The molecule has 1 amide bonds. The van der Waals surface area contributed by atoms with Crippen molar-refractivity contribution >= 4 is 27.5 Å². The number of hydrogen-bond acceptors (Lipinski definition) is 1. The summed E-state index contributed by atoms with van der Waals surface area (Å²) in [4.78, 5) is 11.8. The number of hydrogen-bond donors (Lipinski definition) is 1. The maximum absolute atomic E-state index is 13.3. The number of benzene rings is 2. The van der Waals surface area contributed by atoms with Crippen LogP contribution in [0.3, 0.4) is 0 Å². The van der Waals surface area contributed by atoms with Gasteiger partial charge < -0.3 is 5.32 Å². The van der Waals surface area contributed by atoms with Crippen LogP contribution in [0, 0.1) is 17.5 Å². The third-order valence-electron chi connectivity index (χ3n) is 2.36. The zero-order chi connectivity index (χ0) is 14.0. The van der Waals surface area contributed by atoms with Gasteiger partial charge in [-0.3, -0.25) is 4.79 Å². The number of carbonyl (C=O) groups is 1. The lowest BCUT2D eigenvalue weighted by Crippen LogP contribution is -2.13. The minimum Gasteiger partial charge on any atom is -0.319 e. The van der Waals surface area contributed by atoms with Crippen LogP contribution in [-0.2, 0) is 0 Å². The van der Waals surface area contributed by atoms with Gasteiger partial charge in [0.25, 0.3) is 5.91 Å². The van der Waals surface area contributed by atoms with Crippen molar-refractivity contribution in [3.63, 3.8) is 0 Å². The molecule has 0 heterocycles. The summed E-state index contributed by atoms with van der Waals surface area (Å²) in [5.41, 5.74) is -0.294. The van der Waals surface area contributed by atoms with Crippen LogP contribution in [0.5, 0.6) is 0 Å². The summed E-state index contributed by atoms with van der Waals surface area (Å²) in [5.74, 6) is -2.80. The van der Waals surface area contributed by atoms with Crippen LogP contribution in [0.1, 0.15) is 10.4 Å². The average Bonchev–Trinajstić information content (AvgIpc) is 2.37. The van der Waals surface area contributed by atoms with Crippen molar-refractivity contribution in [2.24, 2.45) is 0 Å². The first-order chi connectivity index (χ1) is 8.97. The zero-order valence-electron chi connectivity index (χ0n) is 9.38. The summed E-state index contributed by atoms with van der Waals surface area (Å²) in [5, 5.41) is 2.18. The van der Waals surface area contributed by atoms with E-state index in [9.17, 15) is 18.0 Å². The summed E-state index contributed by atoms with van der Waals surface area (Å²) >= 11 is 2.95. The molecule has 0 saturated heterocycles. The molecule has 0 aromatic heterocycles. The molecule has 0 spiro atoms. The number of nitrogens with one attached hydrogen (secondary N) is 1. The summed E-state index contributed by atoms with van der Waals surface area (Å²) in [6.07, 6.45) is 0. The molecule has 0 aliphatic rings. The van der Waals surface area contributed by atoms with Crippen molar-refractivity contribution in [1.29, 1.82) is 0 Å². The van der Waals surface area contributed by atoms with Gasteiger partial charge in [-0.15, -0.1) is 0 Å². The topological polar surface area (TPSA) is 29.1 Å². The number of carbonyl (C=O) groups excluding carboxylic acids is 1. The van der Waals surface area contributed by atoms with Crippen LogP contribution >= 0.6 is 15.9 Å². The Labute approximate surface area is 115 Å². The molecule has 2 rings (SSSR count). The minimum atomic E-state index is -0.771. The van der Waals surface area contributed by atoms with Crippen LogP contribution in [0.15, 0.2) is 40.9 Å². The molecule has 0 unspecified atom stereocenters. The zero-order valence-corrected chi connectivity index (χ0v) is 11.0. The van der Waals surface area contributed by atoms with Crippen molar-refractivity contribution in [2.45, 2.75) is 0 Å². The third kappa shape index (κ3) is 3.14. The van der Waals surface area contributed by atoms with E-state index in [-0.39, 0.29) is 15.7 Å². The van der Waals surface area contributed by atoms with Crippen molar-refractivity contribution in [3.05, 3.63) is 63.9 Å². The van der Waals surface area contributed by atoms with Crippen LogP contribution in [0.25, 0.3) is 0 Å². The summed E-state index contributed by atoms with van der Waals surface area (Å²) in [7, 11) is 0. The van der Waals surface area contributed by atoms with E-state index >= 15 is 0 Å². The van der Waals surface area contributed by atoms with Gasteiger partial charge in [-0.2, -0.15) is 0 Å². The molecule has 0 radical (unpaired) electrons.